The predicted octanol–water partition coefficient (Wildman–Crippen LogP) is 0.627. The molecule has 3 unspecified atom stereocenters. The number of carboxylic acid groups (broad SMARTS) is 2. The molecule has 3 rings (SSSR count). The smallest absolute Gasteiger partial charge is 0.320 e. The maximum Gasteiger partial charge on any atom is 0.320 e. The van der Waals surface area contributed by atoms with Crippen molar-refractivity contribution < 1.29 is 34.2 Å². The monoisotopic (exact) mass is 529 g/mol. The van der Waals surface area contributed by atoms with Crippen molar-refractivity contribution in [1.82, 2.24) is 9.47 Å². The number of Topliss-reactive ketones (excluding diaryl/α,β-unsaturated/α-hetero) is 2. The molecule has 0 saturated carbocycles. The lowest BCUT2D eigenvalue weighted by Gasteiger charge is -2.33. The second-order valence-electron chi connectivity index (χ2n) is 9.57. The van der Waals surface area contributed by atoms with Crippen LogP contribution in [0.5, 0.6) is 0 Å². The number of hydrogen-bond acceptors (Lipinski definition) is 9. The highest BCUT2D eigenvalue weighted by Crippen LogP contribution is 2.33. The van der Waals surface area contributed by atoms with Crippen molar-refractivity contribution in [1.29, 1.82) is 0 Å². The molecule has 12 heteroatoms. The van der Waals surface area contributed by atoms with Gasteiger partial charge in [0.1, 0.15) is 6.04 Å². The van der Waals surface area contributed by atoms with Gasteiger partial charge >= 0.3 is 11.9 Å². The van der Waals surface area contributed by atoms with Crippen molar-refractivity contribution in [3.05, 3.63) is 35.0 Å². The first kappa shape index (κ1) is 29.1. The Bertz CT molecular complexity index is 1250. The molecule has 0 bridgehead atoms. The van der Waals surface area contributed by atoms with Gasteiger partial charge in [0.25, 0.3) is 0 Å². The van der Waals surface area contributed by atoms with Crippen LogP contribution in [0.2, 0.25) is 0 Å². The first-order valence-electron chi connectivity index (χ1n) is 12.7. The molecule has 1 aromatic heterocycles. The van der Waals surface area contributed by atoms with Crippen molar-refractivity contribution in [3.63, 3.8) is 0 Å². The van der Waals surface area contributed by atoms with Crippen molar-refractivity contribution >= 4 is 40.3 Å². The number of fused-ring (bicyclic) bond motifs is 1. The number of carboxylic acids is 2. The van der Waals surface area contributed by atoms with E-state index in [1.54, 1.807) is 12.1 Å². The lowest BCUT2D eigenvalue weighted by atomic mass is 9.92. The summed E-state index contributed by atoms with van der Waals surface area (Å²) in [7, 11) is 0. The SMILES string of the molecule is CCC(C(=O)c1cccc2c1c(CC(N)C(=O)O)c(C(=O)CN)n2C(=O)C(N)CC(=O)O)N1CCCCC1. The normalized spacial score (nSPS) is 16.6. The van der Waals surface area contributed by atoms with Crippen LogP contribution in [-0.2, 0) is 16.0 Å². The summed E-state index contributed by atoms with van der Waals surface area (Å²) in [5.41, 5.74) is 17.6. The van der Waals surface area contributed by atoms with Crippen LogP contribution in [0.15, 0.2) is 18.2 Å². The number of nitrogens with two attached hydrogens (primary N) is 3. The summed E-state index contributed by atoms with van der Waals surface area (Å²) in [6, 6.07) is 1.22. The molecule has 0 spiro atoms. The molecule has 0 amide bonds. The third-order valence-corrected chi connectivity index (χ3v) is 7.00. The minimum atomic E-state index is -1.51. The van der Waals surface area contributed by atoms with Gasteiger partial charge in [-0.15, -0.1) is 0 Å². The second-order valence-corrected chi connectivity index (χ2v) is 9.57. The fourth-order valence-corrected chi connectivity index (χ4v) is 5.21. The van der Waals surface area contributed by atoms with Gasteiger partial charge in [0, 0.05) is 17.4 Å². The molecule has 1 aliphatic rings. The molecule has 2 aromatic rings. The highest BCUT2D eigenvalue weighted by Gasteiger charge is 2.34. The van der Waals surface area contributed by atoms with Crippen LogP contribution in [0, 0.1) is 0 Å². The van der Waals surface area contributed by atoms with Gasteiger partial charge in [0.2, 0.25) is 5.91 Å². The standard InChI is InChI=1S/C26H35N5O7/c1-2-18(30-9-4-3-5-10-30)24(35)14-7-6-8-19-22(14)15(11-17(29)26(37)38)23(20(32)13-27)31(19)25(36)16(28)12-21(33)34/h6-8,16-18H,2-5,9-13,27-29H2,1H3,(H,33,34)(H,37,38). The van der Waals surface area contributed by atoms with E-state index in [-0.39, 0.29) is 39.9 Å². The van der Waals surface area contributed by atoms with E-state index in [1.165, 1.54) is 6.07 Å². The van der Waals surface area contributed by atoms with Crippen LogP contribution in [-0.4, -0.2) is 86.9 Å². The van der Waals surface area contributed by atoms with Gasteiger partial charge in [-0.1, -0.05) is 25.5 Å². The van der Waals surface area contributed by atoms with E-state index in [9.17, 15) is 34.2 Å². The Morgan fingerprint density at radius 3 is 2.21 bits per heavy atom. The zero-order valence-electron chi connectivity index (χ0n) is 21.4. The zero-order chi connectivity index (χ0) is 28.1. The average molecular weight is 530 g/mol. The number of ketones is 2. The van der Waals surface area contributed by atoms with Gasteiger partial charge in [-0.3, -0.25) is 33.4 Å². The Morgan fingerprint density at radius 2 is 1.66 bits per heavy atom. The number of nitrogens with zero attached hydrogens (tertiary/aromatic N) is 2. The molecule has 0 aliphatic carbocycles. The summed E-state index contributed by atoms with van der Waals surface area (Å²) in [5.74, 6) is -4.47. The molecule has 206 valence electrons. The van der Waals surface area contributed by atoms with Gasteiger partial charge < -0.3 is 27.4 Å². The summed E-state index contributed by atoms with van der Waals surface area (Å²) in [4.78, 5) is 65.6. The van der Waals surface area contributed by atoms with Gasteiger partial charge in [-0.05, 0) is 44.0 Å². The molecule has 12 nitrogen and oxygen atoms in total. The number of likely N-dealkylation sites (tertiary alicyclic amines) is 1. The molecule has 1 aromatic carbocycles. The number of carbonyl (C=O) groups is 5. The summed E-state index contributed by atoms with van der Waals surface area (Å²) in [6.45, 7) is 2.90. The Kier molecular flexibility index (Phi) is 9.50. The molecular weight excluding hydrogens is 494 g/mol. The Balaban J connectivity index is 2.33. The Labute approximate surface area is 219 Å². The van der Waals surface area contributed by atoms with Crippen molar-refractivity contribution in [3.8, 4) is 0 Å². The summed E-state index contributed by atoms with van der Waals surface area (Å²) < 4.78 is 0.973. The van der Waals surface area contributed by atoms with Crippen molar-refractivity contribution in [2.24, 2.45) is 17.2 Å². The van der Waals surface area contributed by atoms with Crippen LogP contribution in [0.1, 0.15) is 70.2 Å². The molecule has 1 saturated heterocycles. The van der Waals surface area contributed by atoms with E-state index >= 15 is 0 Å². The molecular formula is C26H35N5O7. The third-order valence-electron chi connectivity index (χ3n) is 7.00. The van der Waals surface area contributed by atoms with Crippen LogP contribution in [0.25, 0.3) is 10.9 Å². The van der Waals surface area contributed by atoms with E-state index in [1.807, 2.05) is 6.92 Å². The number of rotatable bonds is 12. The minimum Gasteiger partial charge on any atom is -0.481 e. The van der Waals surface area contributed by atoms with E-state index in [4.69, 9.17) is 17.2 Å². The number of carbonyl (C=O) groups excluding carboxylic acids is 3. The summed E-state index contributed by atoms with van der Waals surface area (Å²) in [5, 5.41) is 18.9. The van der Waals surface area contributed by atoms with Crippen LogP contribution < -0.4 is 17.2 Å². The minimum absolute atomic E-state index is 0.0960. The summed E-state index contributed by atoms with van der Waals surface area (Å²) >= 11 is 0. The van der Waals surface area contributed by atoms with Crippen LogP contribution in [0.4, 0.5) is 0 Å². The lowest BCUT2D eigenvalue weighted by molar-refractivity contribution is -0.139. The largest absolute Gasteiger partial charge is 0.481 e. The maximum atomic E-state index is 14.0. The first-order valence-corrected chi connectivity index (χ1v) is 12.7. The molecule has 0 radical (unpaired) electrons. The van der Waals surface area contributed by atoms with E-state index in [0.29, 0.717) is 6.42 Å². The first-order chi connectivity index (χ1) is 18.0. The maximum absolute atomic E-state index is 14.0. The Morgan fingerprint density at radius 1 is 1.00 bits per heavy atom. The third kappa shape index (κ3) is 5.83. The van der Waals surface area contributed by atoms with Crippen LogP contribution in [0.3, 0.4) is 0 Å². The molecule has 38 heavy (non-hydrogen) atoms. The lowest BCUT2D eigenvalue weighted by Crippen LogP contribution is -2.43. The Hall–Kier alpha value is -3.45. The van der Waals surface area contributed by atoms with Gasteiger partial charge in [0.15, 0.2) is 11.6 Å². The van der Waals surface area contributed by atoms with Gasteiger partial charge in [-0.2, -0.15) is 0 Å². The molecule has 3 atom stereocenters. The number of aliphatic carboxylic acids is 2. The molecule has 1 fully saturated rings. The number of piperidine rings is 1. The van der Waals surface area contributed by atoms with E-state index < -0.39 is 54.7 Å². The van der Waals surface area contributed by atoms with Gasteiger partial charge in [0.05, 0.1) is 36.3 Å². The second kappa shape index (κ2) is 12.4. The molecule has 2 heterocycles. The van der Waals surface area contributed by atoms with Crippen LogP contribution >= 0.6 is 0 Å². The topological polar surface area (TPSA) is 212 Å². The quantitative estimate of drug-likeness (QED) is 0.240. The summed E-state index contributed by atoms with van der Waals surface area (Å²) in [6.07, 6.45) is 2.47. The number of hydrogen-bond donors (Lipinski definition) is 5. The average Bonchev–Trinajstić information content (AvgIpc) is 3.22. The highest BCUT2D eigenvalue weighted by atomic mass is 16.4. The van der Waals surface area contributed by atoms with Gasteiger partial charge in [-0.25, -0.2) is 0 Å². The fraction of sp³-hybridized carbons (Fsp3) is 0.500. The van der Waals surface area contributed by atoms with E-state index in [2.05, 4.69) is 4.90 Å². The molecule has 1 aliphatic heterocycles. The fourth-order valence-electron chi connectivity index (χ4n) is 5.21. The molecule has 8 N–H and O–H groups in total. The number of benzene rings is 1. The van der Waals surface area contributed by atoms with E-state index in [0.717, 1.165) is 36.9 Å². The van der Waals surface area contributed by atoms with Crippen molar-refractivity contribution in [2.45, 2.75) is 63.6 Å². The predicted molar refractivity (Wildman–Crippen MR) is 139 cm³/mol. The van der Waals surface area contributed by atoms with Crippen molar-refractivity contribution in [2.75, 3.05) is 19.6 Å². The zero-order valence-corrected chi connectivity index (χ0v) is 21.4. The highest BCUT2D eigenvalue weighted by molar-refractivity contribution is 6.17. The number of aromatic nitrogens is 1.